The summed E-state index contributed by atoms with van der Waals surface area (Å²) >= 11 is 0. The predicted octanol–water partition coefficient (Wildman–Crippen LogP) is 2.49. The van der Waals surface area contributed by atoms with Crippen LogP contribution in [0.1, 0.15) is 18.4 Å². The van der Waals surface area contributed by atoms with E-state index in [1.807, 2.05) is 25.2 Å². The molecule has 0 unspecified atom stereocenters. The number of rotatable bonds is 4. The summed E-state index contributed by atoms with van der Waals surface area (Å²) in [4.78, 5) is 13.2. The van der Waals surface area contributed by atoms with Crippen molar-refractivity contribution < 1.29 is 9.13 Å². The number of aromatic nitrogens is 2. The highest BCUT2D eigenvalue weighted by Crippen LogP contribution is 2.37. The van der Waals surface area contributed by atoms with Crippen molar-refractivity contribution in [1.82, 2.24) is 14.9 Å². The quantitative estimate of drug-likeness (QED) is 0.854. The van der Waals surface area contributed by atoms with Crippen molar-refractivity contribution in [2.45, 2.75) is 31.0 Å². The minimum absolute atomic E-state index is 0.0757. The minimum Gasteiger partial charge on any atom is -0.371 e. The molecule has 132 valence electrons. The second kappa shape index (κ2) is 6.69. The Hall–Kier alpha value is -2.05. The Morgan fingerprint density at radius 3 is 2.80 bits per heavy atom. The zero-order valence-electron chi connectivity index (χ0n) is 14.4. The Morgan fingerprint density at radius 2 is 2.04 bits per heavy atom. The molecule has 1 aromatic carbocycles. The molecule has 0 amide bonds. The summed E-state index contributed by atoms with van der Waals surface area (Å²) in [6.45, 7) is 3.48. The zero-order chi connectivity index (χ0) is 17.3. The van der Waals surface area contributed by atoms with Gasteiger partial charge in [0.05, 0.1) is 18.2 Å². The van der Waals surface area contributed by atoms with Gasteiger partial charge in [0.1, 0.15) is 5.82 Å². The average Bonchev–Trinajstić information content (AvgIpc) is 3.24. The van der Waals surface area contributed by atoms with Gasteiger partial charge in [-0.2, -0.15) is 0 Å². The number of halogens is 1. The van der Waals surface area contributed by atoms with Crippen molar-refractivity contribution in [3.63, 3.8) is 0 Å². The third kappa shape index (κ3) is 3.50. The molecular weight excluding hydrogens is 319 g/mol. The maximum absolute atomic E-state index is 13.1. The second-order valence-electron chi connectivity index (χ2n) is 7.10. The molecule has 5 nitrogen and oxygen atoms in total. The number of anilines is 1. The summed E-state index contributed by atoms with van der Waals surface area (Å²) in [6.07, 6.45) is 5.56. The fourth-order valence-electron chi connectivity index (χ4n) is 3.90. The van der Waals surface area contributed by atoms with Gasteiger partial charge in [0.25, 0.3) is 0 Å². The maximum atomic E-state index is 13.1. The first-order chi connectivity index (χ1) is 12.1. The van der Waals surface area contributed by atoms with Crippen LogP contribution in [0, 0.1) is 5.82 Å². The first-order valence-corrected chi connectivity index (χ1v) is 8.74. The highest BCUT2D eigenvalue weighted by molar-refractivity contribution is 5.30. The van der Waals surface area contributed by atoms with E-state index in [0.717, 1.165) is 44.0 Å². The number of ether oxygens (including phenoxy) is 1. The van der Waals surface area contributed by atoms with Crippen LogP contribution in [0.2, 0.25) is 0 Å². The lowest BCUT2D eigenvalue weighted by Gasteiger charge is -2.26. The molecule has 25 heavy (non-hydrogen) atoms. The molecule has 4 rings (SSSR count). The Balaban J connectivity index is 1.37. The zero-order valence-corrected chi connectivity index (χ0v) is 14.4. The molecule has 2 aliphatic rings. The van der Waals surface area contributed by atoms with Crippen LogP contribution < -0.4 is 4.90 Å². The van der Waals surface area contributed by atoms with Crippen molar-refractivity contribution in [1.29, 1.82) is 0 Å². The van der Waals surface area contributed by atoms with Crippen molar-refractivity contribution in [3.8, 4) is 0 Å². The van der Waals surface area contributed by atoms with Gasteiger partial charge in [-0.25, -0.2) is 14.4 Å². The van der Waals surface area contributed by atoms with Gasteiger partial charge in [0.15, 0.2) is 0 Å². The standard InChI is InChI=1S/C19H23FN4O/c1-23(18-21-8-2-9-22-18)17-11-19(25-13-17)7-10-24(14-19)12-15-3-5-16(20)6-4-15/h2-6,8-9,17H,7,10-14H2,1H3/t17-,19-/m1/s1. The summed E-state index contributed by atoms with van der Waals surface area (Å²) in [6, 6.07) is 8.90. The van der Waals surface area contributed by atoms with E-state index in [-0.39, 0.29) is 11.4 Å². The third-order valence-electron chi connectivity index (χ3n) is 5.32. The van der Waals surface area contributed by atoms with E-state index in [4.69, 9.17) is 4.74 Å². The largest absolute Gasteiger partial charge is 0.371 e. The average molecular weight is 342 g/mol. The van der Waals surface area contributed by atoms with Crippen LogP contribution in [0.15, 0.2) is 42.7 Å². The molecule has 0 aliphatic carbocycles. The molecular formula is C19H23FN4O. The van der Waals surface area contributed by atoms with E-state index in [0.29, 0.717) is 12.6 Å². The third-order valence-corrected chi connectivity index (χ3v) is 5.32. The highest BCUT2D eigenvalue weighted by atomic mass is 19.1. The van der Waals surface area contributed by atoms with Gasteiger partial charge in [-0.05, 0) is 30.2 Å². The first kappa shape index (κ1) is 16.4. The molecule has 2 aromatic rings. The molecule has 1 aromatic heterocycles. The van der Waals surface area contributed by atoms with Crippen LogP contribution in [0.25, 0.3) is 0 Å². The van der Waals surface area contributed by atoms with Crippen LogP contribution in [0.5, 0.6) is 0 Å². The Bertz CT molecular complexity index is 711. The van der Waals surface area contributed by atoms with E-state index in [2.05, 4.69) is 19.8 Å². The van der Waals surface area contributed by atoms with E-state index in [9.17, 15) is 4.39 Å². The SMILES string of the molecule is CN(c1ncccn1)[C@H]1CO[C@]2(CCN(Cc3ccc(F)cc3)C2)C1. The lowest BCUT2D eigenvalue weighted by molar-refractivity contribution is 0.0118. The molecule has 2 fully saturated rings. The van der Waals surface area contributed by atoms with E-state index in [1.165, 1.54) is 12.1 Å². The van der Waals surface area contributed by atoms with Crippen molar-refractivity contribution >= 4 is 5.95 Å². The Kier molecular flexibility index (Phi) is 4.39. The van der Waals surface area contributed by atoms with Gasteiger partial charge < -0.3 is 9.64 Å². The second-order valence-corrected chi connectivity index (χ2v) is 7.10. The normalized spacial score (nSPS) is 26.4. The fourth-order valence-corrected chi connectivity index (χ4v) is 3.90. The number of hydrogen-bond acceptors (Lipinski definition) is 5. The lowest BCUT2D eigenvalue weighted by Crippen LogP contribution is -2.36. The molecule has 1 spiro atoms. The highest BCUT2D eigenvalue weighted by Gasteiger charge is 2.46. The van der Waals surface area contributed by atoms with Crippen LogP contribution >= 0.6 is 0 Å². The molecule has 2 aliphatic heterocycles. The molecule has 3 heterocycles. The van der Waals surface area contributed by atoms with Gasteiger partial charge in [-0.15, -0.1) is 0 Å². The molecule has 0 saturated carbocycles. The fraction of sp³-hybridized carbons (Fsp3) is 0.474. The Labute approximate surface area is 147 Å². The van der Waals surface area contributed by atoms with E-state index in [1.54, 1.807) is 12.4 Å². The maximum Gasteiger partial charge on any atom is 0.225 e. The van der Waals surface area contributed by atoms with E-state index >= 15 is 0 Å². The molecule has 6 heteroatoms. The molecule has 0 bridgehead atoms. The number of benzene rings is 1. The van der Waals surface area contributed by atoms with E-state index < -0.39 is 0 Å². The predicted molar refractivity (Wildman–Crippen MR) is 93.8 cm³/mol. The lowest BCUT2D eigenvalue weighted by atomic mass is 9.97. The van der Waals surface area contributed by atoms with Crippen LogP contribution in [-0.2, 0) is 11.3 Å². The molecule has 0 radical (unpaired) electrons. The molecule has 2 atom stereocenters. The summed E-state index contributed by atoms with van der Waals surface area (Å²) in [5, 5.41) is 0. The van der Waals surface area contributed by atoms with Crippen molar-refractivity contribution in [3.05, 3.63) is 54.1 Å². The van der Waals surface area contributed by atoms with Crippen molar-refractivity contribution in [2.24, 2.45) is 0 Å². The van der Waals surface area contributed by atoms with Gasteiger partial charge in [0.2, 0.25) is 5.95 Å². The van der Waals surface area contributed by atoms with Crippen molar-refractivity contribution in [2.75, 3.05) is 31.6 Å². The van der Waals surface area contributed by atoms with Gasteiger partial charge in [-0.3, -0.25) is 4.90 Å². The summed E-state index contributed by atoms with van der Waals surface area (Å²) < 4.78 is 19.3. The van der Waals surface area contributed by atoms with Gasteiger partial charge in [0, 0.05) is 45.5 Å². The van der Waals surface area contributed by atoms with Gasteiger partial charge in [-0.1, -0.05) is 12.1 Å². The molecule has 2 saturated heterocycles. The number of likely N-dealkylation sites (N-methyl/N-ethyl adjacent to an activating group) is 1. The first-order valence-electron chi connectivity index (χ1n) is 8.74. The van der Waals surface area contributed by atoms with Gasteiger partial charge >= 0.3 is 0 Å². The summed E-state index contributed by atoms with van der Waals surface area (Å²) in [5.74, 6) is 0.559. The number of hydrogen-bond donors (Lipinski definition) is 0. The van der Waals surface area contributed by atoms with Crippen LogP contribution in [0.3, 0.4) is 0 Å². The minimum atomic E-state index is -0.185. The van der Waals surface area contributed by atoms with Crippen LogP contribution in [0.4, 0.5) is 10.3 Å². The number of nitrogens with zero attached hydrogens (tertiary/aromatic N) is 4. The molecule has 0 N–H and O–H groups in total. The summed E-state index contributed by atoms with van der Waals surface area (Å²) in [7, 11) is 2.04. The number of likely N-dealkylation sites (tertiary alicyclic amines) is 1. The Morgan fingerprint density at radius 1 is 1.28 bits per heavy atom. The monoisotopic (exact) mass is 342 g/mol. The smallest absolute Gasteiger partial charge is 0.225 e. The topological polar surface area (TPSA) is 41.5 Å². The summed E-state index contributed by atoms with van der Waals surface area (Å²) in [5.41, 5.74) is 1.07. The van der Waals surface area contributed by atoms with Crippen LogP contribution in [-0.4, -0.2) is 53.3 Å².